The van der Waals surface area contributed by atoms with Crippen molar-refractivity contribution in [1.82, 2.24) is 19.5 Å². The molecular formula is C17H18N4O2S. The molecule has 0 aliphatic carbocycles. The van der Waals surface area contributed by atoms with Gasteiger partial charge in [-0.2, -0.15) is 9.40 Å². The first kappa shape index (κ1) is 15.3. The van der Waals surface area contributed by atoms with Crippen molar-refractivity contribution in [2.24, 2.45) is 5.92 Å². The maximum Gasteiger partial charge on any atom is 0.260 e. The molecule has 0 bridgehead atoms. The van der Waals surface area contributed by atoms with Gasteiger partial charge in [-0.15, -0.1) is 0 Å². The van der Waals surface area contributed by atoms with Gasteiger partial charge in [-0.3, -0.25) is 5.10 Å². The standard InChI is InChI=1S/C17H18N4O2S/c22-24(23,17-15-7-4-9-18-16(15)19-20-17)21-10-8-14(12-21)11-13-5-2-1-3-6-13/h1-7,9,14H,8,10-12H2,(H,18,19,20). The Morgan fingerprint density at radius 2 is 2.00 bits per heavy atom. The van der Waals surface area contributed by atoms with Gasteiger partial charge in [-0.25, -0.2) is 13.4 Å². The molecule has 3 heterocycles. The Morgan fingerprint density at radius 1 is 1.17 bits per heavy atom. The van der Waals surface area contributed by atoms with Crippen LogP contribution in [0, 0.1) is 5.92 Å². The first-order chi connectivity index (χ1) is 11.6. The summed E-state index contributed by atoms with van der Waals surface area (Å²) in [4.78, 5) is 4.09. The highest BCUT2D eigenvalue weighted by atomic mass is 32.2. The number of hydrogen-bond acceptors (Lipinski definition) is 4. The number of H-pyrrole nitrogens is 1. The molecule has 1 unspecified atom stereocenters. The van der Waals surface area contributed by atoms with Crippen molar-refractivity contribution in [1.29, 1.82) is 0 Å². The van der Waals surface area contributed by atoms with E-state index >= 15 is 0 Å². The van der Waals surface area contributed by atoms with Crippen molar-refractivity contribution in [3.63, 3.8) is 0 Å². The maximum absolute atomic E-state index is 12.9. The number of nitrogens with one attached hydrogen (secondary N) is 1. The number of fused-ring (bicyclic) bond motifs is 1. The monoisotopic (exact) mass is 342 g/mol. The molecule has 1 aliphatic rings. The van der Waals surface area contributed by atoms with Gasteiger partial charge in [0.05, 0.1) is 5.39 Å². The summed E-state index contributed by atoms with van der Waals surface area (Å²) in [5.74, 6) is 0.342. The van der Waals surface area contributed by atoms with Crippen LogP contribution < -0.4 is 0 Å². The summed E-state index contributed by atoms with van der Waals surface area (Å²) in [7, 11) is -3.57. The number of benzene rings is 1. The van der Waals surface area contributed by atoms with Gasteiger partial charge in [0.15, 0.2) is 10.7 Å². The minimum Gasteiger partial charge on any atom is -0.263 e. The summed E-state index contributed by atoms with van der Waals surface area (Å²) < 4.78 is 27.4. The number of aromatic amines is 1. The number of hydrogen-bond donors (Lipinski definition) is 1. The van der Waals surface area contributed by atoms with Crippen molar-refractivity contribution in [2.75, 3.05) is 13.1 Å². The fourth-order valence-corrected chi connectivity index (χ4v) is 4.89. The van der Waals surface area contributed by atoms with Gasteiger partial charge < -0.3 is 0 Å². The smallest absolute Gasteiger partial charge is 0.260 e. The lowest BCUT2D eigenvalue weighted by Crippen LogP contribution is -2.29. The number of nitrogens with zero attached hydrogens (tertiary/aromatic N) is 3. The molecule has 1 saturated heterocycles. The molecule has 6 nitrogen and oxygen atoms in total. The third kappa shape index (κ3) is 2.70. The van der Waals surface area contributed by atoms with Crippen LogP contribution in [0.2, 0.25) is 0 Å². The fraction of sp³-hybridized carbons (Fsp3) is 0.294. The van der Waals surface area contributed by atoms with E-state index in [-0.39, 0.29) is 5.03 Å². The van der Waals surface area contributed by atoms with Crippen molar-refractivity contribution in [3.8, 4) is 0 Å². The van der Waals surface area contributed by atoms with Gasteiger partial charge in [0, 0.05) is 19.3 Å². The highest BCUT2D eigenvalue weighted by Crippen LogP contribution is 2.28. The Balaban J connectivity index is 1.55. The molecule has 24 heavy (non-hydrogen) atoms. The van der Waals surface area contributed by atoms with Crippen LogP contribution in [0.3, 0.4) is 0 Å². The van der Waals surface area contributed by atoms with E-state index in [0.717, 1.165) is 12.8 Å². The highest BCUT2D eigenvalue weighted by molar-refractivity contribution is 7.89. The molecule has 124 valence electrons. The van der Waals surface area contributed by atoms with E-state index in [0.29, 0.717) is 30.0 Å². The average Bonchev–Trinajstić information content (AvgIpc) is 3.23. The zero-order valence-electron chi connectivity index (χ0n) is 13.1. The number of rotatable bonds is 4. The van der Waals surface area contributed by atoms with E-state index in [2.05, 4.69) is 27.3 Å². The van der Waals surface area contributed by atoms with Gasteiger partial charge in [0.2, 0.25) is 0 Å². The lowest BCUT2D eigenvalue weighted by atomic mass is 9.99. The van der Waals surface area contributed by atoms with Crippen LogP contribution in [0.1, 0.15) is 12.0 Å². The molecule has 0 radical (unpaired) electrons. The zero-order valence-corrected chi connectivity index (χ0v) is 13.9. The second-order valence-corrected chi connectivity index (χ2v) is 8.01. The molecule has 1 atom stereocenters. The molecule has 4 rings (SSSR count). The molecule has 2 aromatic heterocycles. The van der Waals surface area contributed by atoms with E-state index in [1.807, 2.05) is 18.2 Å². The Hall–Kier alpha value is -2.25. The minimum atomic E-state index is -3.57. The minimum absolute atomic E-state index is 0.144. The number of pyridine rings is 1. The van der Waals surface area contributed by atoms with E-state index in [1.165, 1.54) is 5.56 Å². The summed E-state index contributed by atoms with van der Waals surface area (Å²) in [6, 6.07) is 13.7. The summed E-state index contributed by atoms with van der Waals surface area (Å²) >= 11 is 0. The number of sulfonamides is 1. The second-order valence-electron chi connectivity index (χ2n) is 6.13. The van der Waals surface area contributed by atoms with E-state index in [4.69, 9.17) is 0 Å². The molecular weight excluding hydrogens is 324 g/mol. The van der Waals surface area contributed by atoms with E-state index in [9.17, 15) is 8.42 Å². The van der Waals surface area contributed by atoms with Gasteiger partial charge >= 0.3 is 0 Å². The molecule has 0 amide bonds. The Bertz CT molecular complexity index is 953. The first-order valence-electron chi connectivity index (χ1n) is 7.98. The van der Waals surface area contributed by atoms with Crippen LogP contribution in [-0.2, 0) is 16.4 Å². The topological polar surface area (TPSA) is 79.0 Å². The fourth-order valence-electron chi connectivity index (χ4n) is 3.28. The van der Waals surface area contributed by atoms with Gasteiger partial charge in [0.1, 0.15) is 0 Å². The third-order valence-electron chi connectivity index (χ3n) is 4.51. The third-order valence-corrected chi connectivity index (χ3v) is 6.35. The van der Waals surface area contributed by atoms with E-state index in [1.54, 1.807) is 22.6 Å². The molecule has 1 aliphatic heterocycles. The van der Waals surface area contributed by atoms with Gasteiger partial charge in [0.25, 0.3) is 10.0 Å². The molecule has 1 N–H and O–H groups in total. The lowest BCUT2D eigenvalue weighted by molar-refractivity contribution is 0.454. The Labute approximate surface area is 140 Å². The zero-order chi connectivity index (χ0) is 16.6. The summed E-state index contributed by atoms with van der Waals surface area (Å²) in [6.07, 6.45) is 3.38. The normalized spacial score (nSPS) is 19.1. The van der Waals surface area contributed by atoms with Crippen molar-refractivity contribution < 1.29 is 8.42 Å². The average molecular weight is 342 g/mol. The maximum atomic E-state index is 12.9. The molecule has 0 saturated carbocycles. The molecule has 0 spiro atoms. The van der Waals surface area contributed by atoms with Crippen molar-refractivity contribution in [2.45, 2.75) is 17.9 Å². The Morgan fingerprint density at radius 3 is 2.83 bits per heavy atom. The SMILES string of the molecule is O=S(=O)(c1[nH]nc2ncccc12)N1CCC(Cc2ccccc2)C1. The predicted molar refractivity (Wildman–Crippen MR) is 90.9 cm³/mol. The van der Waals surface area contributed by atoms with Crippen LogP contribution in [0.5, 0.6) is 0 Å². The number of aromatic nitrogens is 3. The molecule has 1 fully saturated rings. The second kappa shape index (κ2) is 5.99. The first-order valence-corrected chi connectivity index (χ1v) is 9.42. The van der Waals surface area contributed by atoms with Gasteiger partial charge in [-0.05, 0) is 36.5 Å². The quantitative estimate of drug-likeness (QED) is 0.788. The Kier molecular flexibility index (Phi) is 3.82. The van der Waals surface area contributed by atoms with Crippen molar-refractivity contribution in [3.05, 3.63) is 54.2 Å². The molecule has 1 aromatic carbocycles. The van der Waals surface area contributed by atoms with Crippen LogP contribution in [0.25, 0.3) is 11.0 Å². The van der Waals surface area contributed by atoms with Gasteiger partial charge in [-0.1, -0.05) is 30.3 Å². The summed E-state index contributed by atoms with van der Waals surface area (Å²) in [6.45, 7) is 1.08. The summed E-state index contributed by atoms with van der Waals surface area (Å²) in [5.41, 5.74) is 1.68. The van der Waals surface area contributed by atoms with Crippen molar-refractivity contribution >= 4 is 21.1 Å². The predicted octanol–water partition coefficient (Wildman–Crippen LogP) is 2.21. The highest BCUT2D eigenvalue weighted by Gasteiger charge is 2.34. The molecule has 3 aromatic rings. The van der Waals surface area contributed by atoms with Crippen LogP contribution in [-0.4, -0.2) is 41.0 Å². The van der Waals surface area contributed by atoms with Crippen LogP contribution >= 0.6 is 0 Å². The largest absolute Gasteiger partial charge is 0.263 e. The van der Waals surface area contributed by atoms with Crippen LogP contribution in [0.15, 0.2) is 53.7 Å². The lowest BCUT2D eigenvalue weighted by Gasteiger charge is -2.15. The van der Waals surface area contributed by atoms with E-state index < -0.39 is 10.0 Å². The summed E-state index contributed by atoms with van der Waals surface area (Å²) in [5, 5.41) is 7.34. The van der Waals surface area contributed by atoms with Crippen LogP contribution in [0.4, 0.5) is 0 Å². The molecule has 7 heteroatoms.